The molecule has 1 N–H and O–H groups in total. The Bertz CT molecular complexity index is 867. The van der Waals surface area contributed by atoms with Crippen LogP contribution in [0.1, 0.15) is 31.9 Å². The summed E-state index contributed by atoms with van der Waals surface area (Å²) < 4.78 is 0. The van der Waals surface area contributed by atoms with E-state index in [1.807, 2.05) is 60.7 Å². The van der Waals surface area contributed by atoms with Crippen molar-refractivity contribution in [2.75, 3.05) is 0 Å². The van der Waals surface area contributed by atoms with E-state index >= 15 is 0 Å². The quantitative estimate of drug-likeness (QED) is 0.368. The van der Waals surface area contributed by atoms with Gasteiger partial charge in [0.2, 0.25) is 0 Å². The number of benzene rings is 2. The summed E-state index contributed by atoms with van der Waals surface area (Å²) in [6, 6.07) is 18.2. The summed E-state index contributed by atoms with van der Waals surface area (Å²) in [5, 5.41) is 16.9. The fourth-order valence-electron chi connectivity index (χ4n) is 2.22. The molecule has 0 fully saturated rings. The van der Waals surface area contributed by atoms with Crippen molar-refractivity contribution in [3.05, 3.63) is 71.8 Å². The molecular weight excluding hydrogens is 344 g/mol. The molecule has 138 valence electrons. The minimum absolute atomic E-state index is 0.425. The number of Topliss-reactive ketones (excluding diaryl/α,β-unsaturated/α-hetero) is 2. The first-order chi connectivity index (χ1) is 12.7. The Kier molecular flexibility index (Phi) is 6.13. The molecule has 0 radical (unpaired) electrons. The predicted molar refractivity (Wildman–Crippen MR) is 103 cm³/mol. The van der Waals surface area contributed by atoms with Crippen molar-refractivity contribution in [1.29, 1.82) is 0 Å². The van der Waals surface area contributed by atoms with Crippen LogP contribution in [-0.2, 0) is 14.4 Å². The third-order valence-electron chi connectivity index (χ3n) is 3.65. The molecule has 0 aliphatic heterocycles. The third kappa shape index (κ3) is 5.04. The number of nitrogens with zero attached hydrogens (tertiary/aromatic N) is 2. The normalized spacial score (nSPS) is 11.6. The smallest absolute Gasteiger partial charge is 0.379 e. The first-order valence-electron chi connectivity index (χ1n) is 8.30. The lowest BCUT2D eigenvalue weighted by Gasteiger charge is -2.15. The van der Waals surface area contributed by atoms with Crippen LogP contribution < -0.4 is 0 Å². The Morgan fingerprint density at radius 2 is 1.22 bits per heavy atom. The minimum atomic E-state index is -1.75. The van der Waals surface area contributed by atoms with Crippen molar-refractivity contribution in [1.82, 2.24) is 0 Å². The van der Waals surface area contributed by atoms with Crippen LogP contribution in [0.5, 0.6) is 0 Å². The summed E-state index contributed by atoms with van der Waals surface area (Å²) in [7, 11) is 0. The monoisotopic (exact) mass is 364 g/mol. The predicted octanol–water partition coefficient (Wildman–Crippen LogP) is 3.15. The van der Waals surface area contributed by atoms with Crippen LogP contribution in [0.4, 0.5) is 0 Å². The molecule has 0 aromatic heterocycles. The maximum atomic E-state index is 12.5. The van der Waals surface area contributed by atoms with Gasteiger partial charge in [0.15, 0.2) is 11.5 Å². The van der Waals surface area contributed by atoms with Crippen molar-refractivity contribution >= 4 is 29.0 Å². The Hall–Kier alpha value is -3.41. The number of rotatable bonds is 6. The van der Waals surface area contributed by atoms with Crippen LogP contribution in [0, 0.1) is 5.41 Å². The highest BCUT2D eigenvalue weighted by Gasteiger charge is 2.34. The lowest BCUT2D eigenvalue weighted by molar-refractivity contribution is -0.146. The van der Waals surface area contributed by atoms with Crippen LogP contribution in [0.25, 0.3) is 0 Å². The molecule has 0 aliphatic carbocycles. The zero-order valence-corrected chi connectivity index (χ0v) is 15.3. The van der Waals surface area contributed by atoms with Crippen molar-refractivity contribution in [2.24, 2.45) is 15.6 Å². The molecule has 2 aromatic carbocycles. The number of carboxylic acids is 1. The van der Waals surface area contributed by atoms with Crippen molar-refractivity contribution in [3.8, 4) is 0 Å². The maximum Gasteiger partial charge on any atom is 0.379 e. The zero-order valence-electron chi connectivity index (χ0n) is 15.3. The molecule has 0 atom stereocenters. The summed E-state index contributed by atoms with van der Waals surface area (Å²) in [6.45, 7) is 4.75. The van der Waals surface area contributed by atoms with Crippen LogP contribution in [0.15, 0.2) is 70.9 Å². The molecule has 0 saturated carbocycles. The summed E-state index contributed by atoms with van der Waals surface area (Å²) in [4.78, 5) is 35.6. The lowest BCUT2D eigenvalue weighted by Crippen LogP contribution is -2.37. The Balaban J connectivity index is 2.63. The molecule has 0 amide bonds. The fourth-order valence-corrected chi connectivity index (χ4v) is 2.22. The second-order valence-electron chi connectivity index (χ2n) is 6.84. The molecule has 0 bridgehead atoms. The van der Waals surface area contributed by atoms with Crippen LogP contribution in [-0.4, -0.2) is 34.1 Å². The molecule has 0 unspecified atom stereocenters. The molecule has 0 saturated heterocycles. The van der Waals surface area contributed by atoms with Crippen molar-refractivity contribution < 1.29 is 19.5 Å². The van der Waals surface area contributed by atoms with Gasteiger partial charge in [-0.3, -0.25) is 9.59 Å². The summed E-state index contributed by atoms with van der Waals surface area (Å²) in [6.07, 6.45) is 0. The van der Waals surface area contributed by atoms with E-state index in [2.05, 4.69) is 10.2 Å². The van der Waals surface area contributed by atoms with Gasteiger partial charge in [-0.1, -0.05) is 81.4 Å². The van der Waals surface area contributed by atoms with Gasteiger partial charge in [-0.05, 0) is 0 Å². The Morgan fingerprint density at radius 1 is 0.778 bits per heavy atom. The molecule has 0 aliphatic rings. The number of carbonyl (C=O) groups excluding carboxylic acids is 2. The van der Waals surface area contributed by atoms with Gasteiger partial charge in [0.05, 0.1) is 0 Å². The van der Waals surface area contributed by atoms with Gasteiger partial charge in [0.25, 0.3) is 5.78 Å². The lowest BCUT2D eigenvalue weighted by atomic mass is 9.87. The first kappa shape index (κ1) is 19.9. The van der Waals surface area contributed by atoms with Gasteiger partial charge in [-0.25, -0.2) is 4.79 Å². The molecule has 2 rings (SSSR count). The number of hydrogen-bond donors (Lipinski definition) is 1. The third-order valence-corrected chi connectivity index (χ3v) is 3.65. The fraction of sp³-hybridized carbons (Fsp3) is 0.190. The van der Waals surface area contributed by atoms with Gasteiger partial charge < -0.3 is 5.11 Å². The van der Waals surface area contributed by atoms with E-state index in [1.54, 1.807) is 20.8 Å². The van der Waals surface area contributed by atoms with E-state index in [9.17, 15) is 14.4 Å². The number of ketones is 2. The van der Waals surface area contributed by atoms with E-state index < -0.39 is 28.7 Å². The molecule has 0 spiro atoms. The summed E-state index contributed by atoms with van der Waals surface area (Å²) in [5.41, 5.74) is 0.197. The van der Waals surface area contributed by atoms with E-state index in [-0.39, 0.29) is 0 Å². The van der Waals surface area contributed by atoms with Gasteiger partial charge in [-0.2, -0.15) is 0 Å². The van der Waals surface area contributed by atoms with Crippen LogP contribution >= 0.6 is 0 Å². The van der Waals surface area contributed by atoms with E-state index in [1.165, 1.54) is 0 Å². The molecule has 0 heterocycles. The van der Waals surface area contributed by atoms with Gasteiger partial charge in [-0.15, -0.1) is 10.2 Å². The molecule has 27 heavy (non-hydrogen) atoms. The SMILES string of the molecule is CC(C)(C)C(=O)C(=NN=C(c1ccccc1)c1ccccc1)C(=O)C(=O)O. The van der Waals surface area contributed by atoms with E-state index in [0.717, 1.165) is 11.1 Å². The second kappa shape index (κ2) is 8.31. The minimum Gasteiger partial charge on any atom is -0.475 e. The highest BCUT2D eigenvalue weighted by Crippen LogP contribution is 2.17. The van der Waals surface area contributed by atoms with Crippen LogP contribution in [0.3, 0.4) is 0 Å². The van der Waals surface area contributed by atoms with Crippen molar-refractivity contribution in [2.45, 2.75) is 20.8 Å². The van der Waals surface area contributed by atoms with Gasteiger partial charge >= 0.3 is 5.97 Å². The first-order valence-corrected chi connectivity index (χ1v) is 8.30. The standard InChI is InChI=1S/C21H20N2O4/c1-21(2,3)19(25)17(18(24)20(26)27)23-22-16(14-10-6-4-7-11-14)15-12-8-5-9-13-15/h4-13H,1-3H3,(H,26,27). The zero-order chi connectivity index (χ0) is 20.0. The topological polar surface area (TPSA) is 96.2 Å². The van der Waals surface area contributed by atoms with E-state index in [4.69, 9.17) is 5.11 Å². The Morgan fingerprint density at radius 3 is 1.59 bits per heavy atom. The average molecular weight is 364 g/mol. The summed E-state index contributed by atoms with van der Waals surface area (Å²) in [5.74, 6) is -3.80. The number of carbonyl (C=O) groups is 3. The molecule has 6 nitrogen and oxygen atoms in total. The Labute approximate surface area is 157 Å². The largest absolute Gasteiger partial charge is 0.475 e. The average Bonchev–Trinajstić information content (AvgIpc) is 2.65. The molecule has 2 aromatic rings. The number of aliphatic carboxylic acids is 1. The van der Waals surface area contributed by atoms with Crippen LogP contribution in [0.2, 0.25) is 0 Å². The second-order valence-corrected chi connectivity index (χ2v) is 6.84. The highest BCUT2D eigenvalue weighted by atomic mass is 16.4. The molecule has 6 heteroatoms. The van der Waals surface area contributed by atoms with Crippen molar-refractivity contribution in [3.63, 3.8) is 0 Å². The van der Waals surface area contributed by atoms with Gasteiger partial charge in [0.1, 0.15) is 5.71 Å². The van der Waals surface area contributed by atoms with Gasteiger partial charge in [0, 0.05) is 16.5 Å². The summed E-state index contributed by atoms with van der Waals surface area (Å²) >= 11 is 0. The van der Waals surface area contributed by atoms with E-state index in [0.29, 0.717) is 5.71 Å². The highest BCUT2D eigenvalue weighted by molar-refractivity contribution is 6.79. The number of carboxylic acid groups (broad SMARTS) is 1. The number of hydrogen-bond acceptors (Lipinski definition) is 5. The maximum absolute atomic E-state index is 12.5. The molecular formula is C21H20N2O4.